The van der Waals surface area contributed by atoms with Crippen molar-refractivity contribution in [1.82, 2.24) is 14.7 Å². The third kappa shape index (κ3) is 4.21. The first-order valence-electron chi connectivity index (χ1n) is 10.0. The number of fused-ring (bicyclic) bond motifs is 1. The van der Waals surface area contributed by atoms with Gasteiger partial charge in [0.05, 0.1) is 22.5 Å². The van der Waals surface area contributed by atoms with Crippen LogP contribution in [0.3, 0.4) is 0 Å². The average molecular weight is 497 g/mol. The van der Waals surface area contributed by atoms with Crippen molar-refractivity contribution in [2.24, 2.45) is 0 Å². The van der Waals surface area contributed by atoms with Crippen LogP contribution < -0.4 is 5.32 Å². The third-order valence-corrected chi connectivity index (χ3v) is 5.58. The van der Waals surface area contributed by atoms with E-state index in [1.165, 1.54) is 17.0 Å². The van der Waals surface area contributed by atoms with E-state index in [2.05, 4.69) is 26.3 Å². The molecule has 3 aromatic rings. The fraction of sp³-hybridized carbons (Fsp3) is 0.217. The van der Waals surface area contributed by atoms with Crippen molar-refractivity contribution in [3.63, 3.8) is 0 Å². The number of hydrogen-bond acceptors (Lipinski definition) is 5. The van der Waals surface area contributed by atoms with E-state index in [4.69, 9.17) is 4.74 Å². The average Bonchev–Trinajstić information content (AvgIpc) is 3.25. The summed E-state index contributed by atoms with van der Waals surface area (Å²) in [6.45, 7) is 2.56. The number of hydrogen-bond donors (Lipinski definition) is 1. The second kappa shape index (κ2) is 9.05. The number of halogens is 1. The van der Waals surface area contributed by atoms with Gasteiger partial charge in [0.2, 0.25) is 0 Å². The molecule has 2 heterocycles. The molecule has 0 saturated heterocycles. The third-order valence-electron chi connectivity index (χ3n) is 5.09. The molecule has 0 atom stereocenters. The summed E-state index contributed by atoms with van der Waals surface area (Å²) in [5.41, 5.74) is 2.34. The van der Waals surface area contributed by atoms with E-state index in [-0.39, 0.29) is 23.6 Å². The number of amides is 3. The monoisotopic (exact) mass is 496 g/mol. The van der Waals surface area contributed by atoms with Crippen molar-refractivity contribution in [3.05, 3.63) is 75.4 Å². The number of aromatic nitrogens is 2. The van der Waals surface area contributed by atoms with Crippen LogP contribution in [0.5, 0.6) is 0 Å². The highest BCUT2D eigenvalue weighted by molar-refractivity contribution is 9.10. The maximum Gasteiger partial charge on any atom is 0.261 e. The zero-order valence-corrected chi connectivity index (χ0v) is 19.2. The molecule has 1 aromatic heterocycles. The number of anilines is 1. The van der Waals surface area contributed by atoms with Crippen LogP contribution in [0.15, 0.2) is 53.0 Å². The molecule has 4 rings (SSSR count). The van der Waals surface area contributed by atoms with Crippen LogP contribution in [-0.2, 0) is 4.74 Å². The van der Waals surface area contributed by atoms with Gasteiger partial charge >= 0.3 is 0 Å². The van der Waals surface area contributed by atoms with Gasteiger partial charge in [-0.3, -0.25) is 19.3 Å². The molecule has 0 unspecified atom stereocenters. The molecule has 9 heteroatoms. The first kappa shape index (κ1) is 21.9. The molecular formula is C23H21BrN4O4. The largest absolute Gasteiger partial charge is 0.385 e. The van der Waals surface area contributed by atoms with E-state index in [1.54, 1.807) is 23.9 Å². The predicted octanol–water partition coefficient (Wildman–Crippen LogP) is 3.83. The van der Waals surface area contributed by atoms with Crippen molar-refractivity contribution in [2.75, 3.05) is 25.6 Å². The van der Waals surface area contributed by atoms with Gasteiger partial charge in [-0.2, -0.15) is 5.10 Å². The Balaban J connectivity index is 1.57. The van der Waals surface area contributed by atoms with Gasteiger partial charge in [0.25, 0.3) is 17.7 Å². The number of aryl methyl sites for hydroxylation is 1. The number of carbonyl (C=O) groups excluding carboxylic acids is 3. The molecule has 0 aliphatic carbocycles. The van der Waals surface area contributed by atoms with Crippen molar-refractivity contribution in [1.29, 1.82) is 0 Å². The number of imide groups is 1. The standard InChI is InChI=1S/C23H21BrN4O4/c1-14-11-20(28(26-14)17-6-3-5-16(24)13-17)25-21(29)15-7-8-18-19(12-15)23(31)27(22(18)30)9-4-10-32-2/h3,5-8,11-13H,4,9-10H2,1-2H3,(H,25,29). The second-order valence-corrected chi connectivity index (χ2v) is 8.30. The summed E-state index contributed by atoms with van der Waals surface area (Å²) in [6, 6.07) is 13.8. The van der Waals surface area contributed by atoms with E-state index < -0.39 is 11.8 Å². The lowest BCUT2D eigenvalue weighted by Crippen LogP contribution is -2.31. The number of rotatable bonds is 7. The van der Waals surface area contributed by atoms with Crippen molar-refractivity contribution in [2.45, 2.75) is 13.3 Å². The Kier molecular flexibility index (Phi) is 6.20. The summed E-state index contributed by atoms with van der Waals surface area (Å²) in [6.07, 6.45) is 0.550. The Morgan fingerprint density at radius 2 is 1.88 bits per heavy atom. The minimum absolute atomic E-state index is 0.233. The maximum atomic E-state index is 13.0. The van der Waals surface area contributed by atoms with Crippen LogP contribution >= 0.6 is 15.9 Å². The molecule has 0 saturated carbocycles. The van der Waals surface area contributed by atoms with Gasteiger partial charge in [-0.05, 0) is 49.7 Å². The van der Waals surface area contributed by atoms with Crippen LogP contribution in [0, 0.1) is 6.92 Å². The quantitative estimate of drug-likeness (QED) is 0.396. The van der Waals surface area contributed by atoms with Gasteiger partial charge in [0.15, 0.2) is 0 Å². The lowest BCUT2D eigenvalue weighted by molar-refractivity contribution is 0.0638. The molecule has 1 aliphatic rings. The first-order chi connectivity index (χ1) is 15.4. The minimum Gasteiger partial charge on any atom is -0.385 e. The lowest BCUT2D eigenvalue weighted by Gasteiger charge is -2.12. The molecule has 32 heavy (non-hydrogen) atoms. The van der Waals surface area contributed by atoms with Crippen LogP contribution in [0.2, 0.25) is 0 Å². The van der Waals surface area contributed by atoms with Gasteiger partial charge in [0, 0.05) is 36.4 Å². The molecule has 3 amide bonds. The van der Waals surface area contributed by atoms with Gasteiger partial charge in [-0.25, -0.2) is 4.68 Å². The van der Waals surface area contributed by atoms with E-state index in [0.29, 0.717) is 24.4 Å². The summed E-state index contributed by atoms with van der Waals surface area (Å²) < 4.78 is 7.52. The van der Waals surface area contributed by atoms with Gasteiger partial charge < -0.3 is 10.1 Å². The van der Waals surface area contributed by atoms with Crippen molar-refractivity contribution < 1.29 is 19.1 Å². The van der Waals surface area contributed by atoms with E-state index in [0.717, 1.165) is 15.9 Å². The van der Waals surface area contributed by atoms with Crippen molar-refractivity contribution >= 4 is 39.5 Å². The fourth-order valence-electron chi connectivity index (χ4n) is 3.58. The van der Waals surface area contributed by atoms with E-state index in [9.17, 15) is 14.4 Å². The zero-order valence-electron chi connectivity index (χ0n) is 17.6. The Labute approximate surface area is 193 Å². The summed E-state index contributed by atoms with van der Waals surface area (Å²) in [5.74, 6) is -0.654. The summed E-state index contributed by atoms with van der Waals surface area (Å²) in [5, 5.41) is 7.32. The molecule has 2 aromatic carbocycles. The number of nitrogens with zero attached hydrogens (tertiary/aromatic N) is 3. The van der Waals surface area contributed by atoms with Crippen LogP contribution in [0.25, 0.3) is 5.69 Å². The van der Waals surface area contributed by atoms with Crippen LogP contribution in [0.1, 0.15) is 43.2 Å². The number of methoxy groups -OCH3 is 1. The van der Waals surface area contributed by atoms with Gasteiger partial charge in [-0.15, -0.1) is 0 Å². The fourth-order valence-corrected chi connectivity index (χ4v) is 3.97. The van der Waals surface area contributed by atoms with Gasteiger partial charge in [0.1, 0.15) is 5.82 Å². The Hall–Kier alpha value is -3.30. The van der Waals surface area contributed by atoms with Crippen LogP contribution in [0.4, 0.5) is 5.82 Å². The Morgan fingerprint density at radius 1 is 1.09 bits per heavy atom. The molecule has 0 radical (unpaired) electrons. The molecular weight excluding hydrogens is 476 g/mol. The van der Waals surface area contributed by atoms with Gasteiger partial charge in [-0.1, -0.05) is 22.0 Å². The normalized spacial score (nSPS) is 12.9. The highest BCUT2D eigenvalue weighted by atomic mass is 79.9. The number of ether oxygens (including phenoxy) is 1. The molecule has 8 nitrogen and oxygen atoms in total. The molecule has 164 valence electrons. The van der Waals surface area contributed by atoms with E-state index >= 15 is 0 Å². The second-order valence-electron chi connectivity index (χ2n) is 7.39. The minimum atomic E-state index is -0.401. The Bertz CT molecular complexity index is 1220. The highest BCUT2D eigenvalue weighted by Crippen LogP contribution is 2.25. The smallest absolute Gasteiger partial charge is 0.261 e. The van der Waals surface area contributed by atoms with Crippen molar-refractivity contribution in [3.8, 4) is 5.69 Å². The SMILES string of the molecule is COCCCN1C(=O)c2ccc(C(=O)Nc3cc(C)nn3-c3cccc(Br)c3)cc2C1=O. The predicted molar refractivity (Wildman–Crippen MR) is 122 cm³/mol. The highest BCUT2D eigenvalue weighted by Gasteiger charge is 2.35. The molecule has 0 spiro atoms. The first-order valence-corrected chi connectivity index (χ1v) is 10.8. The van der Waals surface area contributed by atoms with E-state index in [1.807, 2.05) is 31.2 Å². The zero-order chi connectivity index (χ0) is 22.8. The summed E-state index contributed by atoms with van der Waals surface area (Å²) in [4.78, 5) is 39.4. The molecule has 1 N–H and O–H groups in total. The number of nitrogens with one attached hydrogen (secondary N) is 1. The molecule has 0 bridgehead atoms. The molecule has 0 fully saturated rings. The summed E-state index contributed by atoms with van der Waals surface area (Å²) in [7, 11) is 1.57. The lowest BCUT2D eigenvalue weighted by atomic mass is 10.1. The number of carbonyl (C=O) groups is 3. The topological polar surface area (TPSA) is 93.5 Å². The van der Waals surface area contributed by atoms with Crippen LogP contribution in [-0.4, -0.2) is 52.7 Å². The summed E-state index contributed by atoms with van der Waals surface area (Å²) >= 11 is 3.44. The maximum absolute atomic E-state index is 13.0. The Morgan fingerprint density at radius 3 is 2.62 bits per heavy atom. The molecule has 1 aliphatic heterocycles. The number of benzene rings is 2.